The highest BCUT2D eigenvalue weighted by atomic mass is 35.5. The van der Waals surface area contributed by atoms with E-state index in [4.69, 9.17) is 16.3 Å². The van der Waals surface area contributed by atoms with Gasteiger partial charge >= 0.3 is 0 Å². The van der Waals surface area contributed by atoms with Gasteiger partial charge in [-0.1, -0.05) is 11.6 Å². The van der Waals surface area contributed by atoms with E-state index in [0.29, 0.717) is 11.4 Å². The molecule has 1 unspecified atom stereocenters. The second-order valence-corrected chi connectivity index (χ2v) is 8.69. The van der Waals surface area contributed by atoms with Crippen LogP contribution in [0.1, 0.15) is 25.3 Å². The van der Waals surface area contributed by atoms with E-state index in [2.05, 4.69) is 0 Å². The molecule has 0 radical (unpaired) electrons. The van der Waals surface area contributed by atoms with Gasteiger partial charge < -0.3 is 4.74 Å². The summed E-state index contributed by atoms with van der Waals surface area (Å²) < 4.78 is 58.7. The van der Waals surface area contributed by atoms with Crippen LogP contribution in [0.4, 0.5) is 8.78 Å². The Morgan fingerprint density at radius 1 is 1.08 bits per heavy atom. The van der Waals surface area contributed by atoms with Crippen molar-refractivity contribution < 1.29 is 21.9 Å². The zero-order valence-electron chi connectivity index (χ0n) is 12.9. The summed E-state index contributed by atoms with van der Waals surface area (Å²) in [6, 6.07) is 7.51. The third-order valence-corrected chi connectivity index (χ3v) is 7.09. The minimum atomic E-state index is -4.00. The average Bonchev–Trinajstić information content (AvgIpc) is 2.73. The Labute approximate surface area is 144 Å². The Hall–Kier alpha value is -1.66. The van der Waals surface area contributed by atoms with Crippen LogP contribution in [0.25, 0.3) is 0 Å². The van der Waals surface area contributed by atoms with Crippen LogP contribution in [-0.4, -0.2) is 15.0 Å². The first-order chi connectivity index (χ1) is 11.3. The van der Waals surface area contributed by atoms with E-state index in [0.717, 1.165) is 12.1 Å². The fraction of sp³-hybridized carbons (Fsp3) is 0.294. The van der Waals surface area contributed by atoms with E-state index < -0.39 is 26.2 Å². The van der Waals surface area contributed by atoms with Gasteiger partial charge in [0.05, 0.1) is 17.1 Å². The smallest absolute Gasteiger partial charge is 0.188 e. The Bertz CT molecular complexity index is 881. The van der Waals surface area contributed by atoms with E-state index in [1.165, 1.54) is 31.2 Å². The maximum absolute atomic E-state index is 14.5. The topological polar surface area (TPSA) is 43.4 Å². The Balaban J connectivity index is 2.27. The summed E-state index contributed by atoms with van der Waals surface area (Å²) in [6.45, 7) is 1.53. The molecule has 0 bridgehead atoms. The lowest BCUT2D eigenvalue weighted by Crippen LogP contribution is -2.33. The maximum atomic E-state index is 14.5. The summed E-state index contributed by atoms with van der Waals surface area (Å²) >= 11 is 5.81. The zero-order chi connectivity index (χ0) is 17.5. The van der Waals surface area contributed by atoms with Crippen LogP contribution in [-0.2, 0) is 14.6 Å². The van der Waals surface area contributed by atoms with Gasteiger partial charge in [-0.05, 0) is 56.2 Å². The van der Waals surface area contributed by atoms with Crippen molar-refractivity contribution in [2.24, 2.45) is 0 Å². The van der Waals surface area contributed by atoms with Gasteiger partial charge in [-0.2, -0.15) is 0 Å². The van der Waals surface area contributed by atoms with Gasteiger partial charge in [0.2, 0.25) is 0 Å². The molecule has 0 saturated heterocycles. The summed E-state index contributed by atoms with van der Waals surface area (Å²) in [5.74, 6) is -1.90. The highest BCUT2D eigenvalue weighted by Crippen LogP contribution is 2.47. The number of rotatable bonds is 2. The molecule has 2 aromatic carbocycles. The van der Waals surface area contributed by atoms with Crippen LogP contribution in [0.5, 0.6) is 5.75 Å². The number of ether oxygens (including phenoxy) is 1. The molecular weight excluding hydrogens is 358 g/mol. The zero-order valence-corrected chi connectivity index (χ0v) is 14.4. The van der Waals surface area contributed by atoms with E-state index in [1.807, 2.05) is 0 Å². The van der Waals surface area contributed by atoms with Crippen molar-refractivity contribution in [3.63, 3.8) is 0 Å². The Morgan fingerprint density at radius 2 is 1.71 bits per heavy atom. The lowest BCUT2D eigenvalue weighted by atomic mass is 9.94. The normalized spacial score (nSPS) is 20.8. The van der Waals surface area contributed by atoms with E-state index in [9.17, 15) is 17.2 Å². The second kappa shape index (κ2) is 6.01. The summed E-state index contributed by atoms with van der Waals surface area (Å²) in [7, 11) is -4.00. The van der Waals surface area contributed by atoms with Crippen LogP contribution < -0.4 is 4.74 Å². The molecule has 0 amide bonds. The maximum Gasteiger partial charge on any atom is 0.188 e. The molecular formula is C17H15ClF2O3S. The number of sulfone groups is 1. The highest BCUT2D eigenvalue weighted by Gasteiger charge is 2.47. The van der Waals surface area contributed by atoms with Crippen LogP contribution in [0, 0.1) is 11.6 Å². The molecule has 7 heteroatoms. The van der Waals surface area contributed by atoms with Crippen molar-refractivity contribution in [2.45, 2.75) is 29.4 Å². The van der Waals surface area contributed by atoms with E-state index >= 15 is 0 Å². The summed E-state index contributed by atoms with van der Waals surface area (Å²) in [5.41, 5.74) is -0.255. The fourth-order valence-corrected chi connectivity index (χ4v) is 5.03. The first-order valence-electron chi connectivity index (χ1n) is 7.39. The van der Waals surface area contributed by atoms with Crippen molar-refractivity contribution in [1.29, 1.82) is 0 Å². The van der Waals surface area contributed by atoms with Crippen LogP contribution >= 0.6 is 11.6 Å². The van der Waals surface area contributed by atoms with Crippen molar-refractivity contribution in [1.82, 2.24) is 0 Å². The molecule has 0 aromatic heterocycles. The molecule has 0 spiro atoms. The molecule has 2 aromatic rings. The molecule has 0 fully saturated rings. The largest absolute Gasteiger partial charge is 0.490 e. The van der Waals surface area contributed by atoms with Crippen molar-refractivity contribution in [2.75, 3.05) is 6.61 Å². The van der Waals surface area contributed by atoms with Gasteiger partial charge in [0.25, 0.3) is 0 Å². The lowest BCUT2D eigenvalue weighted by Gasteiger charge is -2.29. The number of hydrogen-bond donors (Lipinski definition) is 0. The third-order valence-electron chi connectivity index (χ3n) is 4.35. The van der Waals surface area contributed by atoms with Gasteiger partial charge in [-0.15, -0.1) is 0 Å². The molecule has 128 valence electrons. The predicted octanol–water partition coefficient (Wildman–Crippen LogP) is 4.48. The molecule has 3 nitrogen and oxygen atoms in total. The monoisotopic (exact) mass is 372 g/mol. The molecule has 1 aliphatic heterocycles. The quantitative estimate of drug-likeness (QED) is 0.780. The summed E-state index contributed by atoms with van der Waals surface area (Å²) in [6.07, 6.45) is 0.474. The van der Waals surface area contributed by atoms with E-state index in [-0.39, 0.29) is 29.2 Å². The molecule has 1 atom stereocenters. The van der Waals surface area contributed by atoms with Crippen LogP contribution in [0.2, 0.25) is 5.02 Å². The Morgan fingerprint density at radius 3 is 2.38 bits per heavy atom. The molecule has 24 heavy (non-hydrogen) atoms. The number of fused-ring (bicyclic) bond motifs is 1. The predicted molar refractivity (Wildman–Crippen MR) is 87.1 cm³/mol. The number of halogens is 3. The fourth-order valence-electron chi connectivity index (χ4n) is 3.02. The molecule has 3 rings (SSSR count). The minimum absolute atomic E-state index is 0.00547. The van der Waals surface area contributed by atoms with Gasteiger partial charge in [-0.3, -0.25) is 0 Å². The standard InChI is InChI=1S/C17H15ClF2O3S/c1-17(24(21,22)12-5-3-11(18)4-6-12)9-2-10-23-16-14(20)8-7-13(19)15(16)17/h3-8H,2,9-10H2,1H3. The van der Waals surface area contributed by atoms with Gasteiger partial charge in [0.15, 0.2) is 21.4 Å². The first-order valence-corrected chi connectivity index (χ1v) is 9.25. The van der Waals surface area contributed by atoms with Crippen molar-refractivity contribution in [3.8, 4) is 5.75 Å². The van der Waals surface area contributed by atoms with E-state index in [1.54, 1.807) is 0 Å². The third kappa shape index (κ3) is 2.58. The van der Waals surface area contributed by atoms with Crippen LogP contribution in [0.15, 0.2) is 41.3 Å². The first kappa shape index (κ1) is 17.2. The summed E-state index contributed by atoms with van der Waals surface area (Å²) in [4.78, 5) is 0.00547. The number of hydrogen-bond acceptors (Lipinski definition) is 3. The van der Waals surface area contributed by atoms with Crippen LogP contribution in [0.3, 0.4) is 0 Å². The van der Waals surface area contributed by atoms with Crippen molar-refractivity contribution in [3.05, 3.63) is 58.6 Å². The SMILES string of the molecule is CC1(S(=O)(=O)c2ccc(Cl)cc2)CCCOc2c(F)ccc(F)c21. The minimum Gasteiger partial charge on any atom is -0.490 e. The van der Waals surface area contributed by atoms with Gasteiger partial charge in [-0.25, -0.2) is 17.2 Å². The number of benzene rings is 2. The molecule has 0 aliphatic carbocycles. The molecule has 1 heterocycles. The molecule has 1 aliphatic rings. The molecule has 0 N–H and O–H groups in total. The average molecular weight is 373 g/mol. The van der Waals surface area contributed by atoms with Crippen molar-refractivity contribution >= 4 is 21.4 Å². The van der Waals surface area contributed by atoms with Gasteiger partial charge in [0, 0.05) is 5.02 Å². The summed E-state index contributed by atoms with van der Waals surface area (Å²) in [5, 5.41) is 0.390. The lowest BCUT2D eigenvalue weighted by molar-refractivity contribution is 0.299. The molecule has 0 saturated carbocycles. The second-order valence-electron chi connectivity index (χ2n) is 5.87. The highest BCUT2D eigenvalue weighted by molar-refractivity contribution is 7.92. The Kier molecular flexibility index (Phi) is 4.30. The van der Waals surface area contributed by atoms with Gasteiger partial charge in [0.1, 0.15) is 10.6 Å².